The van der Waals surface area contributed by atoms with E-state index in [9.17, 15) is 4.79 Å². The molecule has 0 aliphatic carbocycles. The molecule has 1 atom stereocenters. The Labute approximate surface area is 82.8 Å². The molecule has 0 aliphatic rings. The van der Waals surface area contributed by atoms with E-state index in [1.807, 2.05) is 6.92 Å². The highest BCUT2D eigenvalue weighted by Gasteiger charge is 2.37. The summed E-state index contributed by atoms with van der Waals surface area (Å²) in [6, 6.07) is 0. The van der Waals surface area contributed by atoms with Crippen molar-refractivity contribution >= 4 is 14.6 Å². The molecule has 0 rings (SSSR count). The second-order valence-corrected chi connectivity index (χ2v) is 9.99. The summed E-state index contributed by atoms with van der Waals surface area (Å²) in [7, 11) is -1.64. The highest BCUT2D eigenvalue weighted by atomic mass is 28.4. The molecule has 0 amide bonds. The highest BCUT2D eigenvalue weighted by molar-refractivity contribution is 6.74. The number of carbonyl (C=O) groups is 1. The largest absolute Gasteiger partial charge is 0.416 e. The zero-order chi connectivity index (χ0) is 10.7. The first kappa shape index (κ1) is 12.8. The Morgan fingerprint density at radius 1 is 1.38 bits per heavy atom. The zero-order valence-corrected chi connectivity index (χ0v) is 10.7. The van der Waals surface area contributed by atoms with E-state index in [4.69, 9.17) is 4.43 Å². The van der Waals surface area contributed by atoms with Gasteiger partial charge in [-0.1, -0.05) is 27.7 Å². The summed E-state index contributed by atoms with van der Waals surface area (Å²) in [5.74, 6) is 0.0223. The van der Waals surface area contributed by atoms with Crippen LogP contribution < -0.4 is 0 Å². The van der Waals surface area contributed by atoms with Crippen LogP contribution in [0.1, 0.15) is 27.7 Å². The Morgan fingerprint density at radius 3 is 2.15 bits per heavy atom. The molecular weight excluding hydrogens is 180 g/mol. The van der Waals surface area contributed by atoms with Gasteiger partial charge < -0.3 is 9.22 Å². The number of hydrogen-bond acceptors (Lipinski definition) is 2. The van der Waals surface area contributed by atoms with Gasteiger partial charge in [-0.05, 0) is 18.1 Å². The standard InChI is InChI=1S/C10H22O2Si/c1-9(7-11)8-12-13(5,6)10(2,3)4/h7,9H,8H2,1-6H3/t9-/m0/s1. The normalized spacial score (nSPS) is 15.5. The zero-order valence-electron chi connectivity index (χ0n) is 9.68. The summed E-state index contributed by atoms with van der Waals surface area (Å²) in [6.45, 7) is 13.5. The second-order valence-electron chi connectivity index (χ2n) is 5.18. The van der Waals surface area contributed by atoms with Gasteiger partial charge in [0.25, 0.3) is 0 Å². The van der Waals surface area contributed by atoms with Crippen LogP contribution >= 0.6 is 0 Å². The van der Waals surface area contributed by atoms with E-state index in [0.29, 0.717) is 6.61 Å². The predicted octanol–water partition coefficient (Wildman–Crippen LogP) is 2.84. The Morgan fingerprint density at radius 2 is 1.85 bits per heavy atom. The van der Waals surface area contributed by atoms with Gasteiger partial charge in [0.15, 0.2) is 8.32 Å². The molecule has 78 valence electrons. The van der Waals surface area contributed by atoms with Gasteiger partial charge in [-0.2, -0.15) is 0 Å². The maximum Gasteiger partial charge on any atom is 0.192 e. The lowest BCUT2D eigenvalue weighted by Crippen LogP contribution is -2.41. The summed E-state index contributed by atoms with van der Waals surface area (Å²) in [6.07, 6.45) is 0.952. The average Bonchev–Trinajstić information content (AvgIpc) is 1.98. The molecule has 0 aromatic rings. The van der Waals surface area contributed by atoms with Crippen molar-refractivity contribution in [3.8, 4) is 0 Å². The molecule has 0 aromatic heterocycles. The fourth-order valence-corrected chi connectivity index (χ4v) is 1.71. The molecule has 0 unspecified atom stereocenters. The van der Waals surface area contributed by atoms with Crippen LogP contribution in [0.5, 0.6) is 0 Å². The Bertz CT molecular complexity index is 170. The fourth-order valence-electron chi connectivity index (χ4n) is 0.596. The van der Waals surface area contributed by atoms with Crippen molar-refractivity contribution in [2.75, 3.05) is 6.61 Å². The van der Waals surface area contributed by atoms with Crippen LogP contribution in [0.2, 0.25) is 18.1 Å². The maximum atomic E-state index is 10.4. The van der Waals surface area contributed by atoms with Crippen LogP contribution in [0.3, 0.4) is 0 Å². The van der Waals surface area contributed by atoms with Crippen LogP contribution in [0, 0.1) is 5.92 Å². The number of rotatable bonds is 4. The minimum atomic E-state index is -1.64. The SMILES string of the molecule is C[C@@H](C=O)CO[Si](C)(C)C(C)(C)C. The molecule has 2 nitrogen and oxygen atoms in total. The van der Waals surface area contributed by atoms with Gasteiger partial charge >= 0.3 is 0 Å². The van der Waals surface area contributed by atoms with E-state index in [0.717, 1.165) is 6.29 Å². The van der Waals surface area contributed by atoms with Crippen molar-refractivity contribution in [1.82, 2.24) is 0 Å². The Balaban J connectivity index is 4.11. The molecule has 0 N–H and O–H groups in total. The first-order valence-corrected chi connectivity index (χ1v) is 7.71. The van der Waals surface area contributed by atoms with Crippen LogP contribution in [-0.2, 0) is 9.22 Å². The van der Waals surface area contributed by atoms with Crippen molar-refractivity contribution in [2.45, 2.75) is 45.8 Å². The molecule has 0 saturated carbocycles. The predicted molar refractivity (Wildman–Crippen MR) is 58.4 cm³/mol. The first-order chi connectivity index (χ1) is 5.70. The fraction of sp³-hybridized carbons (Fsp3) is 0.900. The highest BCUT2D eigenvalue weighted by Crippen LogP contribution is 2.36. The van der Waals surface area contributed by atoms with Crippen molar-refractivity contribution in [2.24, 2.45) is 5.92 Å². The van der Waals surface area contributed by atoms with Crippen LogP contribution in [0.15, 0.2) is 0 Å². The molecule has 3 heteroatoms. The lowest BCUT2D eigenvalue weighted by Gasteiger charge is -2.36. The Hall–Kier alpha value is -0.153. The molecule has 13 heavy (non-hydrogen) atoms. The third-order valence-corrected chi connectivity index (χ3v) is 7.25. The van der Waals surface area contributed by atoms with E-state index in [1.54, 1.807) is 0 Å². The van der Waals surface area contributed by atoms with Crippen molar-refractivity contribution in [1.29, 1.82) is 0 Å². The van der Waals surface area contributed by atoms with Gasteiger partial charge in [-0.3, -0.25) is 0 Å². The van der Waals surface area contributed by atoms with E-state index in [-0.39, 0.29) is 11.0 Å². The lowest BCUT2D eigenvalue weighted by atomic mass is 10.2. The number of carbonyl (C=O) groups excluding carboxylic acids is 1. The first-order valence-electron chi connectivity index (χ1n) is 4.80. The average molecular weight is 202 g/mol. The molecule has 0 spiro atoms. The van der Waals surface area contributed by atoms with E-state index in [2.05, 4.69) is 33.9 Å². The van der Waals surface area contributed by atoms with E-state index < -0.39 is 8.32 Å². The van der Waals surface area contributed by atoms with Crippen LogP contribution in [0.25, 0.3) is 0 Å². The summed E-state index contributed by atoms with van der Waals surface area (Å²) in [4.78, 5) is 10.4. The quantitative estimate of drug-likeness (QED) is 0.517. The third kappa shape index (κ3) is 4.05. The maximum absolute atomic E-state index is 10.4. The van der Waals surface area contributed by atoms with Gasteiger partial charge in [-0.25, -0.2) is 0 Å². The number of hydrogen-bond donors (Lipinski definition) is 0. The summed E-state index contributed by atoms with van der Waals surface area (Å²) >= 11 is 0. The van der Waals surface area contributed by atoms with Gasteiger partial charge in [0.05, 0.1) is 0 Å². The smallest absolute Gasteiger partial charge is 0.192 e. The van der Waals surface area contributed by atoms with Gasteiger partial charge in [-0.15, -0.1) is 0 Å². The monoisotopic (exact) mass is 202 g/mol. The summed E-state index contributed by atoms with van der Waals surface area (Å²) in [5.41, 5.74) is 0. The van der Waals surface area contributed by atoms with Crippen molar-refractivity contribution < 1.29 is 9.22 Å². The minimum Gasteiger partial charge on any atom is -0.416 e. The molecule has 0 bridgehead atoms. The molecule has 0 fully saturated rings. The lowest BCUT2D eigenvalue weighted by molar-refractivity contribution is -0.111. The minimum absolute atomic E-state index is 0.0223. The van der Waals surface area contributed by atoms with Gasteiger partial charge in [0, 0.05) is 12.5 Å². The van der Waals surface area contributed by atoms with E-state index >= 15 is 0 Å². The third-order valence-electron chi connectivity index (χ3n) is 2.75. The van der Waals surface area contributed by atoms with Gasteiger partial charge in [0.2, 0.25) is 0 Å². The number of aldehydes is 1. The molecule has 0 radical (unpaired) electrons. The molecular formula is C10H22O2Si. The van der Waals surface area contributed by atoms with Crippen molar-refractivity contribution in [3.63, 3.8) is 0 Å². The second kappa shape index (κ2) is 4.38. The topological polar surface area (TPSA) is 26.3 Å². The molecule has 0 aromatic carbocycles. The Kier molecular flexibility index (Phi) is 4.32. The van der Waals surface area contributed by atoms with Crippen LogP contribution in [0.4, 0.5) is 0 Å². The molecule has 0 aliphatic heterocycles. The summed E-state index contributed by atoms with van der Waals surface area (Å²) in [5, 5.41) is 0.232. The van der Waals surface area contributed by atoms with Gasteiger partial charge in [0.1, 0.15) is 6.29 Å². The molecule has 0 saturated heterocycles. The van der Waals surface area contributed by atoms with Crippen molar-refractivity contribution in [3.05, 3.63) is 0 Å². The molecule has 0 heterocycles. The summed E-state index contributed by atoms with van der Waals surface area (Å²) < 4.78 is 5.85. The van der Waals surface area contributed by atoms with E-state index in [1.165, 1.54) is 0 Å². The van der Waals surface area contributed by atoms with Crippen LogP contribution in [-0.4, -0.2) is 21.2 Å².